The first-order valence-corrected chi connectivity index (χ1v) is 6.13. The number of nitrogens with zero attached hydrogens (tertiary/aromatic N) is 1. The number of anilines is 1. The highest BCUT2D eigenvalue weighted by atomic mass is 19.3. The number of carbonyl (C=O) groups excluding carboxylic acids is 3. The van der Waals surface area contributed by atoms with Crippen LogP contribution in [-0.4, -0.2) is 35.8 Å². The van der Waals surface area contributed by atoms with Crippen LogP contribution in [0, 0.1) is 0 Å². The van der Waals surface area contributed by atoms with Gasteiger partial charge in [0.25, 0.3) is 0 Å². The monoisotopic (exact) mass is 298 g/mol. The van der Waals surface area contributed by atoms with Gasteiger partial charge in [0.1, 0.15) is 12.3 Å². The van der Waals surface area contributed by atoms with Crippen LogP contribution in [0.2, 0.25) is 0 Å². The van der Waals surface area contributed by atoms with Crippen LogP contribution in [0.5, 0.6) is 5.75 Å². The Morgan fingerprint density at radius 3 is 2.29 bits per heavy atom. The van der Waals surface area contributed by atoms with Crippen LogP contribution >= 0.6 is 0 Å². The van der Waals surface area contributed by atoms with E-state index in [1.807, 2.05) is 0 Å². The zero-order chi connectivity index (χ0) is 15.4. The van der Waals surface area contributed by atoms with E-state index in [-0.39, 0.29) is 37.0 Å². The van der Waals surface area contributed by atoms with E-state index in [1.165, 1.54) is 24.3 Å². The van der Waals surface area contributed by atoms with E-state index in [0.29, 0.717) is 5.69 Å². The molecule has 1 aliphatic rings. The lowest BCUT2D eigenvalue weighted by Crippen LogP contribution is -2.36. The maximum absolute atomic E-state index is 12.0. The summed E-state index contributed by atoms with van der Waals surface area (Å²) >= 11 is 0. The molecule has 1 fully saturated rings. The van der Waals surface area contributed by atoms with Gasteiger partial charge in [-0.2, -0.15) is 8.78 Å². The molecular formula is C13H12F2N2O4. The molecule has 0 unspecified atom stereocenters. The smallest absolute Gasteiger partial charge is 0.387 e. The molecule has 0 atom stereocenters. The molecule has 21 heavy (non-hydrogen) atoms. The van der Waals surface area contributed by atoms with Crippen LogP contribution in [0.3, 0.4) is 0 Å². The third-order valence-electron chi connectivity index (χ3n) is 2.82. The summed E-state index contributed by atoms with van der Waals surface area (Å²) in [5.41, 5.74) is 0.348. The van der Waals surface area contributed by atoms with Crippen molar-refractivity contribution in [1.82, 2.24) is 4.90 Å². The fourth-order valence-corrected chi connectivity index (χ4v) is 1.86. The third kappa shape index (κ3) is 3.98. The van der Waals surface area contributed by atoms with Crippen molar-refractivity contribution in [3.63, 3.8) is 0 Å². The van der Waals surface area contributed by atoms with E-state index in [9.17, 15) is 23.2 Å². The van der Waals surface area contributed by atoms with Crippen LogP contribution in [0.15, 0.2) is 24.3 Å². The summed E-state index contributed by atoms with van der Waals surface area (Å²) in [6, 6.07) is 5.30. The average Bonchev–Trinajstić information content (AvgIpc) is 2.72. The van der Waals surface area contributed by atoms with E-state index in [1.54, 1.807) is 0 Å². The van der Waals surface area contributed by atoms with Gasteiger partial charge in [0.15, 0.2) is 0 Å². The Bertz CT molecular complexity index is 544. The molecule has 0 bridgehead atoms. The van der Waals surface area contributed by atoms with Crippen LogP contribution < -0.4 is 10.1 Å². The highest BCUT2D eigenvalue weighted by Crippen LogP contribution is 2.18. The highest BCUT2D eigenvalue weighted by Gasteiger charge is 2.30. The van der Waals surface area contributed by atoms with Crippen molar-refractivity contribution in [3.05, 3.63) is 24.3 Å². The maximum Gasteiger partial charge on any atom is 0.387 e. The maximum atomic E-state index is 12.0. The topological polar surface area (TPSA) is 75.7 Å². The molecule has 8 heteroatoms. The Kier molecular flexibility index (Phi) is 4.46. The second-order valence-corrected chi connectivity index (χ2v) is 4.32. The fourth-order valence-electron chi connectivity index (χ4n) is 1.86. The molecule has 112 valence electrons. The zero-order valence-electron chi connectivity index (χ0n) is 10.8. The number of amides is 3. The number of alkyl halides is 2. The minimum atomic E-state index is -2.92. The van der Waals surface area contributed by atoms with Crippen LogP contribution in [-0.2, 0) is 14.4 Å². The Hall–Kier alpha value is -2.51. The summed E-state index contributed by atoms with van der Waals surface area (Å²) in [6.45, 7) is -3.27. The van der Waals surface area contributed by atoms with Gasteiger partial charge in [0.05, 0.1) is 0 Å². The number of carbonyl (C=O) groups is 3. The molecule has 0 aliphatic carbocycles. The summed E-state index contributed by atoms with van der Waals surface area (Å²) in [5.74, 6) is -1.33. The lowest BCUT2D eigenvalue weighted by Gasteiger charge is -2.13. The summed E-state index contributed by atoms with van der Waals surface area (Å²) in [6.07, 6.45) is 0.234. The number of halogens is 2. The normalized spacial score (nSPS) is 14.7. The van der Waals surface area contributed by atoms with Gasteiger partial charge in [0, 0.05) is 18.5 Å². The number of ether oxygens (including phenoxy) is 1. The number of nitrogens with one attached hydrogen (secondary N) is 1. The van der Waals surface area contributed by atoms with Crippen molar-refractivity contribution >= 4 is 23.4 Å². The van der Waals surface area contributed by atoms with Gasteiger partial charge in [-0.05, 0) is 24.3 Å². The number of rotatable bonds is 5. The van der Waals surface area contributed by atoms with Crippen molar-refractivity contribution in [1.29, 1.82) is 0 Å². The molecule has 1 heterocycles. The quantitative estimate of drug-likeness (QED) is 0.833. The van der Waals surface area contributed by atoms with Gasteiger partial charge >= 0.3 is 6.61 Å². The van der Waals surface area contributed by atoms with E-state index in [4.69, 9.17) is 0 Å². The Balaban J connectivity index is 1.90. The zero-order valence-corrected chi connectivity index (χ0v) is 10.8. The molecule has 1 saturated heterocycles. The van der Waals surface area contributed by atoms with E-state index in [2.05, 4.69) is 10.1 Å². The van der Waals surface area contributed by atoms with Crippen LogP contribution in [0.25, 0.3) is 0 Å². The molecule has 3 amide bonds. The van der Waals surface area contributed by atoms with Crippen LogP contribution in [0.4, 0.5) is 14.5 Å². The largest absolute Gasteiger partial charge is 0.435 e. The Labute approximate surface area is 118 Å². The molecule has 1 aliphatic heterocycles. The van der Waals surface area contributed by atoms with Crippen molar-refractivity contribution in [2.24, 2.45) is 0 Å². The first-order chi connectivity index (χ1) is 9.95. The first kappa shape index (κ1) is 14.9. The molecule has 1 aromatic rings. The number of likely N-dealkylation sites (tertiary alicyclic amines) is 1. The second-order valence-electron chi connectivity index (χ2n) is 4.32. The van der Waals surface area contributed by atoms with Crippen molar-refractivity contribution in [2.75, 3.05) is 11.9 Å². The third-order valence-corrected chi connectivity index (χ3v) is 2.82. The van der Waals surface area contributed by atoms with E-state index < -0.39 is 12.5 Å². The molecule has 0 radical (unpaired) electrons. The van der Waals surface area contributed by atoms with Gasteiger partial charge in [-0.3, -0.25) is 19.3 Å². The fraction of sp³-hybridized carbons (Fsp3) is 0.308. The van der Waals surface area contributed by atoms with Gasteiger partial charge in [-0.25, -0.2) is 0 Å². The van der Waals surface area contributed by atoms with Crippen molar-refractivity contribution in [2.45, 2.75) is 19.5 Å². The molecule has 1 aromatic carbocycles. The lowest BCUT2D eigenvalue weighted by atomic mass is 10.3. The number of hydrogen-bond acceptors (Lipinski definition) is 4. The van der Waals surface area contributed by atoms with Gasteiger partial charge < -0.3 is 10.1 Å². The minimum Gasteiger partial charge on any atom is -0.435 e. The SMILES string of the molecule is O=C(CN1C(=O)CCC1=O)Nc1ccc(OC(F)F)cc1. The minimum absolute atomic E-state index is 0.0344. The summed E-state index contributed by atoms with van der Waals surface area (Å²) < 4.78 is 28.1. The molecule has 2 rings (SSSR count). The number of benzene rings is 1. The molecule has 0 saturated carbocycles. The molecule has 0 spiro atoms. The van der Waals surface area contributed by atoms with Crippen molar-refractivity contribution in [3.8, 4) is 5.75 Å². The Morgan fingerprint density at radius 1 is 1.19 bits per heavy atom. The summed E-state index contributed by atoms with van der Waals surface area (Å²) in [4.78, 5) is 35.3. The average molecular weight is 298 g/mol. The van der Waals surface area contributed by atoms with Crippen LogP contribution in [0.1, 0.15) is 12.8 Å². The Morgan fingerprint density at radius 2 is 1.76 bits per heavy atom. The van der Waals surface area contributed by atoms with E-state index >= 15 is 0 Å². The summed E-state index contributed by atoms with van der Waals surface area (Å²) in [5, 5.41) is 2.46. The predicted octanol–water partition coefficient (Wildman–Crippen LogP) is 1.38. The van der Waals surface area contributed by atoms with Gasteiger partial charge in [-0.1, -0.05) is 0 Å². The molecule has 6 nitrogen and oxygen atoms in total. The van der Waals surface area contributed by atoms with E-state index in [0.717, 1.165) is 4.90 Å². The number of imide groups is 1. The molecule has 1 N–H and O–H groups in total. The van der Waals surface area contributed by atoms with Gasteiger partial charge in [0.2, 0.25) is 17.7 Å². The lowest BCUT2D eigenvalue weighted by molar-refractivity contribution is -0.141. The molecule has 0 aromatic heterocycles. The molecular weight excluding hydrogens is 286 g/mol. The highest BCUT2D eigenvalue weighted by molar-refractivity contribution is 6.06. The first-order valence-electron chi connectivity index (χ1n) is 6.13. The van der Waals surface area contributed by atoms with Gasteiger partial charge in [-0.15, -0.1) is 0 Å². The predicted molar refractivity (Wildman–Crippen MR) is 67.7 cm³/mol. The number of hydrogen-bond donors (Lipinski definition) is 1. The standard InChI is InChI=1S/C13H12F2N2O4/c14-13(15)21-9-3-1-8(2-4-9)16-10(18)7-17-11(19)5-6-12(17)20/h1-4,13H,5-7H2,(H,16,18). The second kappa shape index (κ2) is 6.29. The summed E-state index contributed by atoms with van der Waals surface area (Å²) in [7, 11) is 0. The van der Waals surface area contributed by atoms with Crippen molar-refractivity contribution < 1.29 is 27.9 Å².